The van der Waals surface area contributed by atoms with Crippen LogP contribution in [0.4, 0.5) is 10.1 Å². The third-order valence-corrected chi connectivity index (χ3v) is 6.09. The third-order valence-electron chi connectivity index (χ3n) is 4.95. The molecule has 0 saturated carbocycles. The van der Waals surface area contributed by atoms with E-state index in [1.54, 1.807) is 43.5 Å². The zero-order chi connectivity index (χ0) is 23.1. The summed E-state index contributed by atoms with van der Waals surface area (Å²) in [5.41, 5.74) is 2.09. The molecule has 1 N–H and O–H groups in total. The molecule has 0 bridgehead atoms. The van der Waals surface area contributed by atoms with Crippen LogP contribution >= 0.6 is 0 Å². The molecule has 0 aliphatic carbocycles. The number of hydrogen-bond donors (Lipinski definition) is 1. The molecule has 0 saturated heterocycles. The van der Waals surface area contributed by atoms with E-state index in [0.29, 0.717) is 24.2 Å². The van der Waals surface area contributed by atoms with Crippen molar-refractivity contribution in [2.75, 3.05) is 24.2 Å². The Hall–Kier alpha value is -3.39. The minimum absolute atomic E-state index is 0.140. The van der Waals surface area contributed by atoms with E-state index in [1.165, 1.54) is 12.1 Å². The zero-order valence-electron chi connectivity index (χ0n) is 17.9. The Balaban J connectivity index is 1.65. The van der Waals surface area contributed by atoms with Crippen molar-refractivity contribution in [3.63, 3.8) is 0 Å². The summed E-state index contributed by atoms with van der Waals surface area (Å²) in [6.45, 7) is 0.314. The van der Waals surface area contributed by atoms with Gasteiger partial charge in [0, 0.05) is 17.7 Å². The average molecular weight is 457 g/mol. The summed E-state index contributed by atoms with van der Waals surface area (Å²) in [6, 6.07) is 19.8. The number of halogens is 1. The van der Waals surface area contributed by atoms with Gasteiger partial charge in [0.05, 0.1) is 25.6 Å². The fraction of sp³-hybridized carbons (Fsp3) is 0.208. The van der Waals surface area contributed by atoms with Crippen molar-refractivity contribution >= 4 is 21.6 Å². The summed E-state index contributed by atoms with van der Waals surface area (Å²) in [5.74, 6) is 0.0371. The highest BCUT2D eigenvalue weighted by molar-refractivity contribution is 7.92. The van der Waals surface area contributed by atoms with E-state index in [2.05, 4.69) is 5.32 Å². The first-order valence-electron chi connectivity index (χ1n) is 10.0. The van der Waals surface area contributed by atoms with Crippen molar-refractivity contribution in [3.8, 4) is 5.75 Å². The number of carbonyl (C=O) groups excluding carboxylic acids is 1. The molecule has 0 radical (unpaired) electrons. The number of nitrogens with zero attached hydrogens (tertiary/aromatic N) is 1. The van der Waals surface area contributed by atoms with Crippen molar-refractivity contribution in [1.29, 1.82) is 0 Å². The number of sulfonamides is 1. The monoisotopic (exact) mass is 456 g/mol. The molecule has 0 aliphatic heterocycles. The van der Waals surface area contributed by atoms with E-state index >= 15 is 0 Å². The van der Waals surface area contributed by atoms with E-state index in [-0.39, 0.29) is 18.0 Å². The van der Waals surface area contributed by atoms with Crippen LogP contribution in [0.1, 0.15) is 21.5 Å². The number of methoxy groups -OCH3 is 1. The molecular formula is C24H25FN2O4S. The van der Waals surface area contributed by atoms with Gasteiger partial charge in [-0.15, -0.1) is 0 Å². The van der Waals surface area contributed by atoms with Gasteiger partial charge in [0.25, 0.3) is 5.91 Å². The number of nitrogens with one attached hydrogen (secondary N) is 1. The predicted octanol–water partition coefficient (Wildman–Crippen LogP) is 3.77. The summed E-state index contributed by atoms with van der Waals surface area (Å²) in [4.78, 5) is 12.4. The van der Waals surface area contributed by atoms with Gasteiger partial charge in [0.15, 0.2) is 0 Å². The second-order valence-corrected chi connectivity index (χ2v) is 9.17. The molecular weight excluding hydrogens is 431 g/mol. The van der Waals surface area contributed by atoms with Gasteiger partial charge in [-0.3, -0.25) is 9.10 Å². The van der Waals surface area contributed by atoms with Crippen molar-refractivity contribution in [3.05, 3.63) is 95.3 Å². The van der Waals surface area contributed by atoms with Crippen molar-refractivity contribution in [1.82, 2.24) is 5.32 Å². The van der Waals surface area contributed by atoms with Gasteiger partial charge in [-0.2, -0.15) is 0 Å². The zero-order valence-corrected chi connectivity index (χ0v) is 18.7. The second kappa shape index (κ2) is 10.3. The second-order valence-electron chi connectivity index (χ2n) is 7.26. The Morgan fingerprint density at radius 2 is 1.66 bits per heavy atom. The maximum atomic E-state index is 14.0. The Labute approximate surface area is 187 Å². The summed E-state index contributed by atoms with van der Waals surface area (Å²) in [6.07, 6.45) is 1.73. The number of benzene rings is 3. The highest BCUT2D eigenvalue weighted by Crippen LogP contribution is 2.22. The Morgan fingerprint density at radius 3 is 2.25 bits per heavy atom. The van der Waals surface area contributed by atoms with Crippen molar-refractivity contribution in [2.24, 2.45) is 0 Å². The van der Waals surface area contributed by atoms with E-state index < -0.39 is 15.8 Å². The van der Waals surface area contributed by atoms with Crippen LogP contribution in [0.3, 0.4) is 0 Å². The normalized spacial score (nSPS) is 11.1. The first kappa shape index (κ1) is 23.3. The number of anilines is 1. The van der Waals surface area contributed by atoms with Crippen LogP contribution < -0.4 is 14.4 Å². The first-order valence-corrected chi connectivity index (χ1v) is 11.8. The van der Waals surface area contributed by atoms with E-state index in [0.717, 1.165) is 21.9 Å². The smallest absolute Gasteiger partial charge is 0.251 e. The fourth-order valence-electron chi connectivity index (χ4n) is 3.18. The van der Waals surface area contributed by atoms with Crippen LogP contribution in [0.25, 0.3) is 0 Å². The largest absolute Gasteiger partial charge is 0.497 e. The van der Waals surface area contributed by atoms with Gasteiger partial charge < -0.3 is 10.1 Å². The molecule has 1 amide bonds. The lowest BCUT2D eigenvalue weighted by molar-refractivity contribution is 0.0954. The molecule has 0 unspecified atom stereocenters. The minimum atomic E-state index is -3.66. The van der Waals surface area contributed by atoms with E-state index in [1.807, 2.05) is 24.3 Å². The predicted molar refractivity (Wildman–Crippen MR) is 123 cm³/mol. The van der Waals surface area contributed by atoms with Gasteiger partial charge in [-0.05, 0) is 54.4 Å². The number of ether oxygens (including phenoxy) is 1. The maximum absolute atomic E-state index is 14.0. The van der Waals surface area contributed by atoms with Crippen molar-refractivity contribution in [2.45, 2.75) is 13.0 Å². The van der Waals surface area contributed by atoms with E-state index in [9.17, 15) is 17.6 Å². The average Bonchev–Trinajstić information content (AvgIpc) is 2.78. The summed E-state index contributed by atoms with van der Waals surface area (Å²) in [5, 5.41) is 2.85. The number of carbonyl (C=O) groups is 1. The van der Waals surface area contributed by atoms with Gasteiger partial charge in [0.1, 0.15) is 11.6 Å². The lowest BCUT2D eigenvalue weighted by atomic mass is 10.1. The number of amides is 1. The molecule has 6 nitrogen and oxygen atoms in total. The molecule has 0 spiro atoms. The minimum Gasteiger partial charge on any atom is -0.497 e. The molecule has 8 heteroatoms. The SMILES string of the molecule is COc1ccc(CCNC(=O)c2ccc(N(Cc3ccccc3F)S(C)(=O)=O)cc2)cc1. The van der Waals surface area contributed by atoms with Crippen LogP contribution in [0.5, 0.6) is 5.75 Å². The lowest BCUT2D eigenvalue weighted by Gasteiger charge is -2.23. The molecule has 3 rings (SSSR count). The fourth-order valence-corrected chi connectivity index (χ4v) is 4.05. The molecule has 0 aromatic heterocycles. The van der Waals surface area contributed by atoms with Crippen LogP contribution in [-0.4, -0.2) is 34.2 Å². The highest BCUT2D eigenvalue weighted by atomic mass is 32.2. The molecule has 0 aliphatic rings. The number of hydrogen-bond acceptors (Lipinski definition) is 4. The maximum Gasteiger partial charge on any atom is 0.251 e. The van der Waals surface area contributed by atoms with Crippen molar-refractivity contribution < 1.29 is 22.3 Å². The Kier molecular flexibility index (Phi) is 7.48. The highest BCUT2D eigenvalue weighted by Gasteiger charge is 2.20. The molecule has 0 atom stereocenters. The molecule has 3 aromatic carbocycles. The van der Waals surface area contributed by atoms with Crippen LogP contribution in [0.15, 0.2) is 72.8 Å². The van der Waals surface area contributed by atoms with E-state index in [4.69, 9.17) is 4.74 Å². The third kappa shape index (κ3) is 6.07. The standard InChI is InChI=1S/C24H25FN2O4S/c1-31-22-13-7-18(8-14-22)15-16-26-24(28)19-9-11-21(12-10-19)27(32(2,29)30)17-20-5-3-4-6-23(20)25/h3-14H,15-17H2,1-2H3,(H,26,28). The number of rotatable bonds is 9. The molecule has 0 fully saturated rings. The lowest BCUT2D eigenvalue weighted by Crippen LogP contribution is -2.30. The molecule has 0 heterocycles. The van der Waals surface area contributed by atoms with Crippen LogP contribution in [0, 0.1) is 5.82 Å². The molecule has 32 heavy (non-hydrogen) atoms. The molecule has 3 aromatic rings. The summed E-state index contributed by atoms with van der Waals surface area (Å²) in [7, 11) is -2.05. The van der Waals surface area contributed by atoms with Crippen LogP contribution in [0.2, 0.25) is 0 Å². The summed E-state index contributed by atoms with van der Waals surface area (Å²) >= 11 is 0. The summed E-state index contributed by atoms with van der Waals surface area (Å²) < 4.78 is 44.9. The Morgan fingerprint density at radius 1 is 1.00 bits per heavy atom. The topological polar surface area (TPSA) is 75.7 Å². The van der Waals surface area contributed by atoms with Gasteiger partial charge in [-0.1, -0.05) is 30.3 Å². The quantitative estimate of drug-likeness (QED) is 0.532. The van der Waals surface area contributed by atoms with Gasteiger partial charge in [-0.25, -0.2) is 12.8 Å². The van der Waals surface area contributed by atoms with Gasteiger partial charge in [0.2, 0.25) is 10.0 Å². The molecule has 168 valence electrons. The van der Waals surface area contributed by atoms with Crippen LogP contribution in [-0.2, 0) is 23.0 Å². The van der Waals surface area contributed by atoms with Gasteiger partial charge >= 0.3 is 0 Å². The Bertz CT molecular complexity index is 1160. The first-order chi connectivity index (χ1) is 15.3.